The fourth-order valence-electron chi connectivity index (χ4n) is 3.08. The number of ether oxygens (including phenoxy) is 1. The number of nitriles is 1. The van der Waals surface area contributed by atoms with Crippen LogP contribution in [0, 0.1) is 22.7 Å². The van der Waals surface area contributed by atoms with E-state index >= 15 is 0 Å². The molecule has 0 bridgehead atoms. The minimum Gasteiger partial charge on any atom is -0.387 e. The molecule has 0 radical (unpaired) electrons. The second kappa shape index (κ2) is 5.73. The quantitative estimate of drug-likeness (QED) is 0.903. The molecule has 2 rings (SSSR count). The van der Waals surface area contributed by atoms with Crippen molar-refractivity contribution in [2.24, 2.45) is 11.3 Å². The van der Waals surface area contributed by atoms with Crippen molar-refractivity contribution in [1.29, 1.82) is 5.26 Å². The van der Waals surface area contributed by atoms with E-state index in [9.17, 15) is 10.4 Å². The lowest BCUT2D eigenvalue weighted by Crippen LogP contribution is -2.24. The summed E-state index contributed by atoms with van der Waals surface area (Å²) in [5, 5.41) is 20.1. The Morgan fingerprint density at radius 2 is 2.37 bits per heavy atom. The van der Waals surface area contributed by atoms with Crippen LogP contribution in [-0.2, 0) is 11.3 Å². The monoisotopic (exact) mass is 259 g/mol. The van der Waals surface area contributed by atoms with Crippen molar-refractivity contribution >= 4 is 0 Å². The van der Waals surface area contributed by atoms with Gasteiger partial charge in [-0.3, -0.25) is 0 Å². The molecule has 102 valence electrons. The van der Waals surface area contributed by atoms with E-state index in [1.54, 1.807) is 7.11 Å². The Kier molecular flexibility index (Phi) is 4.24. The van der Waals surface area contributed by atoms with Crippen LogP contribution in [0.1, 0.15) is 43.4 Å². The summed E-state index contributed by atoms with van der Waals surface area (Å²) >= 11 is 0. The highest BCUT2D eigenvalue weighted by molar-refractivity contribution is 5.28. The van der Waals surface area contributed by atoms with Crippen molar-refractivity contribution in [3.63, 3.8) is 0 Å². The Morgan fingerprint density at radius 1 is 1.58 bits per heavy atom. The Morgan fingerprint density at radius 3 is 2.95 bits per heavy atom. The molecule has 0 heterocycles. The van der Waals surface area contributed by atoms with Gasteiger partial charge in [0.25, 0.3) is 0 Å². The van der Waals surface area contributed by atoms with Crippen LogP contribution >= 0.6 is 0 Å². The summed E-state index contributed by atoms with van der Waals surface area (Å²) in [7, 11) is 1.65. The largest absolute Gasteiger partial charge is 0.387 e. The molecule has 0 saturated heterocycles. The van der Waals surface area contributed by atoms with E-state index in [0.29, 0.717) is 12.5 Å². The molecule has 1 fully saturated rings. The maximum absolute atomic E-state index is 10.6. The fourth-order valence-corrected chi connectivity index (χ4v) is 3.08. The molecule has 3 heteroatoms. The van der Waals surface area contributed by atoms with Crippen LogP contribution in [0.15, 0.2) is 24.3 Å². The van der Waals surface area contributed by atoms with Gasteiger partial charge in [-0.05, 0) is 36.3 Å². The van der Waals surface area contributed by atoms with Gasteiger partial charge in [-0.2, -0.15) is 5.26 Å². The number of aliphatic hydroxyl groups excluding tert-OH is 1. The van der Waals surface area contributed by atoms with Crippen LogP contribution in [-0.4, -0.2) is 12.2 Å². The first-order valence-corrected chi connectivity index (χ1v) is 6.78. The van der Waals surface area contributed by atoms with E-state index in [4.69, 9.17) is 4.74 Å². The Bertz CT molecular complexity index is 480. The summed E-state index contributed by atoms with van der Waals surface area (Å²) < 4.78 is 5.11. The topological polar surface area (TPSA) is 53.2 Å². The molecule has 3 nitrogen and oxygen atoms in total. The van der Waals surface area contributed by atoms with E-state index in [-0.39, 0.29) is 0 Å². The molecule has 1 saturated carbocycles. The van der Waals surface area contributed by atoms with E-state index in [1.807, 2.05) is 24.3 Å². The van der Waals surface area contributed by atoms with E-state index < -0.39 is 11.5 Å². The predicted molar refractivity (Wildman–Crippen MR) is 73.2 cm³/mol. The Hall–Kier alpha value is -1.37. The lowest BCUT2D eigenvalue weighted by atomic mass is 9.78. The molecule has 1 aliphatic rings. The van der Waals surface area contributed by atoms with E-state index in [1.165, 1.54) is 0 Å². The van der Waals surface area contributed by atoms with Crippen molar-refractivity contribution < 1.29 is 9.84 Å². The smallest absolute Gasteiger partial charge is 0.0976 e. The summed E-state index contributed by atoms with van der Waals surface area (Å²) in [6.07, 6.45) is 1.86. The summed E-state index contributed by atoms with van der Waals surface area (Å²) in [5.41, 5.74) is 1.23. The van der Waals surface area contributed by atoms with Crippen LogP contribution in [0.5, 0.6) is 0 Å². The van der Waals surface area contributed by atoms with Crippen molar-refractivity contribution in [2.45, 2.75) is 38.9 Å². The molecule has 0 amide bonds. The zero-order chi connectivity index (χ0) is 13.9. The van der Waals surface area contributed by atoms with Gasteiger partial charge in [0.1, 0.15) is 0 Å². The van der Waals surface area contributed by atoms with Crippen LogP contribution in [0.4, 0.5) is 0 Å². The zero-order valence-corrected chi connectivity index (χ0v) is 11.6. The molecule has 1 N–H and O–H groups in total. The van der Waals surface area contributed by atoms with Gasteiger partial charge in [0.2, 0.25) is 0 Å². The molecule has 19 heavy (non-hydrogen) atoms. The second-order valence-electron chi connectivity index (χ2n) is 5.70. The van der Waals surface area contributed by atoms with Gasteiger partial charge in [-0.25, -0.2) is 0 Å². The number of aliphatic hydroxyl groups is 1. The highest BCUT2D eigenvalue weighted by Gasteiger charge is 2.44. The molecule has 1 aliphatic carbocycles. The number of hydrogen-bond donors (Lipinski definition) is 1. The molecular formula is C16H21NO2. The zero-order valence-electron chi connectivity index (χ0n) is 11.6. The Balaban J connectivity index is 2.25. The second-order valence-corrected chi connectivity index (χ2v) is 5.70. The van der Waals surface area contributed by atoms with Crippen LogP contribution < -0.4 is 0 Å². The molecule has 0 spiro atoms. The first-order chi connectivity index (χ1) is 9.11. The summed E-state index contributed by atoms with van der Waals surface area (Å²) in [6.45, 7) is 2.67. The average Bonchev–Trinajstić information content (AvgIpc) is 2.81. The third-order valence-corrected chi connectivity index (χ3v) is 4.12. The van der Waals surface area contributed by atoms with Gasteiger partial charge in [-0.1, -0.05) is 31.2 Å². The van der Waals surface area contributed by atoms with E-state index in [0.717, 1.165) is 30.4 Å². The first-order valence-electron chi connectivity index (χ1n) is 6.78. The average molecular weight is 259 g/mol. The molecule has 0 aromatic heterocycles. The van der Waals surface area contributed by atoms with Gasteiger partial charge >= 0.3 is 0 Å². The van der Waals surface area contributed by atoms with Crippen molar-refractivity contribution in [3.05, 3.63) is 35.4 Å². The summed E-state index contributed by atoms with van der Waals surface area (Å²) in [4.78, 5) is 0. The van der Waals surface area contributed by atoms with Gasteiger partial charge in [0, 0.05) is 7.11 Å². The molecule has 3 unspecified atom stereocenters. The maximum Gasteiger partial charge on any atom is 0.0976 e. The minimum absolute atomic E-state index is 0.511. The predicted octanol–water partition coefficient (Wildman–Crippen LogP) is 3.20. The number of hydrogen-bond acceptors (Lipinski definition) is 3. The third kappa shape index (κ3) is 2.80. The SMILES string of the molecule is COCc1cccc(C(O)C2(C#N)CCC(C)C2)c1. The molecule has 1 aromatic rings. The molecule has 3 atom stereocenters. The lowest BCUT2D eigenvalue weighted by Gasteiger charge is -2.28. The summed E-state index contributed by atoms with van der Waals surface area (Å²) in [5.74, 6) is 0.511. The number of rotatable bonds is 4. The van der Waals surface area contributed by atoms with Crippen LogP contribution in [0.3, 0.4) is 0 Å². The highest BCUT2D eigenvalue weighted by Crippen LogP contribution is 2.49. The summed E-state index contributed by atoms with van der Waals surface area (Å²) in [6, 6.07) is 10.1. The van der Waals surface area contributed by atoms with Gasteiger partial charge in [0.15, 0.2) is 0 Å². The standard InChI is InChI=1S/C16H21NO2/c1-12-6-7-16(9-12,11-17)15(18)14-5-3-4-13(8-14)10-19-2/h3-5,8,12,15,18H,6-7,9-10H2,1-2H3. The Labute approximate surface area is 114 Å². The minimum atomic E-state index is -0.709. The van der Waals surface area contributed by atoms with Crippen molar-refractivity contribution in [1.82, 2.24) is 0 Å². The maximum atomic E-state index is 10.6. The van der Waals surface area contributed by atoms with Crippen molar-refractivity contribution in [2.75, 3.05) is 7.11 Å². The highest BCUT2D eigenvalue weighted by atomic mass is 16.5. The normalized spacial score (nSPS) is 28.0. The third-order valence-electron chi connectivity index (χ3n) is 4.12. The van der Waals surface area contributed by atoms with Gasteiger partial charge < -0.3 is 9.84 Å². The fraction of sp³-hybridized carbons (Fsp3) is 0.562. The number of methoxy groups -OCH3 is 1. The van der Waals surface area contributed by atoms with Gasteiger partial charge in [-0.15, -0.1) is 0 Å². The van der Waals surface area contributed by atoms with Crippen molar-refractivity contribution in [3.8, 4) is 6.07 Å². The number of nitrogens with zero attached hydrogens (tertiary/aromatic N) is 1. The van der Waals surface area contributed by atoms with Gasteiger partial charge in [0.05, 0.1) is 24.2 Å². The lowest BCUT2D eigenvalue weighted by molar-refractivity contribution is 0.0645. The van der Waals surface area contributed by atoms with E-state index in [2.05, 4.69) is 13.0 Å². The molecule has 1 aromatic carbocycles. The van der Waals surface area contributed by atoms with Crippen LogP contribution in [0.2, 0.25) is 0 Å². The van der Waals surface area contributed by atoms with Crippen LogP contribution in [0.25, 0.3) is 0 Å². The first kappa shape index (κ1) is 14.0. The molecule has 0 aliphatic heterocycles. The number of benzene rings is 1. The molecular weight excluding hydrogens is 238 g/mol.